The van der Waals surface area contributed by atoms with Crippen molar-refractivity contribution in [3.63, 3.8) is 0 Å². The molecule has 0 bridgehead atoms. The minimum absolute atomic E-state index is 0.00357. The van der Waals surface area contributed by atoms with Crippen LogP contribution in [0.3, 0.4) is 0 Å². The number of aromatic nitrogens is 1. The highest BCUT2D eigenvalue weighted by Crippen LogP contribution is 2.31. The van der Waals surface area contributed by atoms with Crippen LogP contribution in [-0.2, 0) is 16.2 Å². The van der Waals surface area contributed by atoms with E-state index in [0.717, 1.165) is 48.9 Å². The van der Waals surface area contributed by atoms with Crippen molar-refractivity contribution in [2.24, 2.45) is 0 Å². The first kappa shape index (κ1) is 24.2. The first-order chi connectivity index (χ1) is 15.2. The van der Waals surface area contributed by atoms with Crippen molar-refractivity contribution in [2.45, 2.75) is 19.1 Å². The van der Waals surface area contributed by atoms with Crippen molar-refractivity contribution in [1.29, 1.82) is 0 Å². The van der Waals surface area contributed by atoms with Gasteiger partial charge in [-0.1, -0.05) is 0 Å². The van der Waals surface area contributed by atoms with Crippen molar-refractivity contribution in [3.8, 4) is 11.5 Å². The van der Waals surface area contributed by atoms with E-state index in [2.05, 4.69) is 10.3 Å². The molecular weight excluding hydrogens is 473 g/mol. The van der Waals surface area contributed by atoms with Gasteiger partial charge in [-0.2, -0.15) is 13.2 Å². The van der Waals surface area contributed by atoms with Crippen molar-refractivity contribution < 1.29 is 39.6 Å². The van der Waals surface area contributed by atoms with Crippen molar-refractivity contribution in [1.82, 2.24) is 10.3 Å². The van der Waals surface area contributed by atoms with E-state index >= 15 is 0 Å². The summed E-state index contributed by atoms with van der Waals surface area (Å²) in [5.41, 5.74) is -1.72. The fourth-order valence-corrected chi connectivity index (χ4v) is 3.36. The number of anilines is 1. The maximum absolute atomic E-state index is 14.2. The highest BCUT2D eigenvalue weighted by atomic mass is 32.2. The third-order valence-corrected chi connectivity index (χ3v) is 4.97. The fourth-order valence-electron chi connectivity index (χ4n) is 2.79. The Morgan fingerprint density at radius 2 is 1.67 bits per heavy atom. The topological polar surface area (TPSA) is 101 Å². The molecule has 1 atom stereocenters. The minimum atomic E-state index is -4.51. The molecule has 0 saturated heterocycles. The van der Waals surface area contributed by atoms with Crippen LogP contribution >= 0.6 is 0 Å². The number of nitrogens with one attached hydrogen (secondary N) is 2. The van der Waals surface area contributed by atoms with E-state index in [9.17, 15) is 35.2 Å². The molecule has 2 aromatic carbocycles. The predicted octanol–water partition coefficient (Wildman–Crippen LogP) is 4.50. The summed E-state index contributed by atoms with van der Waals surface area (Å²) in [6.45, 7) is 1.42. The Morgan fingerprint density at radius 1 is 1.09 bits per heavy atom. The number of carbonyl (C=O) groups is 1. The zero-order valence-corrected chi connectivity index (χ0v) is 17.8. The highest BCUT2D eigenvalue weighted by Gasteiger charge is 2.30. The number of hydrogen-bond acceptors (Lipinski definition) is 5. The molecule has 3 aromatic rings. The van der Waals surface area contributed by atoms with Gasteiger partial charge >= 0.3 is 6.18 Å². The summed E-state index contributed by atoms with van der Waals surface area (Å²) >= 11 is 0. The SMILES string of the molecule is C[C@@H](NC(=O)c1coc(-c2ccc(C(F)(F)F)cc2)n1)c1cc(F)c(NS(C)(=O)=O)c(F)c1. The number of nitrogens with zero attached hydrogens (tertiary/aromatic N) is 1. The van der Waals surface area contributed by atoms with Gasteiger partial charge in [-0.15, -0.1) is 0 Å². The van der Waals surface area contributed by atoms with Crippen LogP contribution in [0.1, 0.15) is 34.6 Å². The molecular formula is C20H16F5N3O4S. The molecule has 0 aliphatic heterocycles. The molecule has 13 heteroatoms. The van der Waals surface area contributed by atoms with Crippen molar-refractivity contribution in [2.75, 3.05) is 11.0 Å². The molecule has 1 aromatic heterocycles. The summed E-state index contributed by atoms with van der Waals surface area (Å²) < 4.78 is 95.7. The van der Waals surface area contributed by atoms with Crippen LogP contribution in [0.15, 0.2) is 47.1 Å². The second-order valence-electron chi connectivity index (χ2n) is 7.04. The molecule has 7 nitrogen and oxygen atoms in total. The zero-order chi connectivity index (χ0) is 24.6. The summed E-state index contributed by atoms with van der Waals surface area (Å²) in [6, 6.07) is 4.75. The van der Waals surface area contributed by atoms with Crippen LogP contribution in [0.4, 0.5) is 27.6 Å². The van der Waals surface area contributed by atoms with Gasteiger partial charge in [-0.25, -0.2) is 22.2 Å². The van der Waals surface area contributed by atoms with Crippen LogP contribution < -0.4 is 10.0 Å². The molecule has 2 N–H and O–H groups in total. The van der Waals surface area contributed by atoms with Crippen molar-refractivity contribution in [3.05, 3.63) is 71.1 Å². The number of oxazole rings is 1. The molecule has 176 valence electrons. The van der Waals surface area contributed by atoms with Crippen LogP contribution in [0.2, 0.25) is 0 Å². The van der Waals surface area contributed by atoms with Gasteiger partial charge in [0.05, 0.1) is 17.9 Å². The molecule has 3 rings (SSSR count). The van der Waals surface area contributed by atoms with E-state index in [4.69, 9.17) is 4.42 Å². The molecule has 1 amide bonds. The number of carbonyl (C=O) groups excluding carboxylic acids is 1. The summed E-state index contributed by atoms with van der Waals surface area (Å²) in [6.07, 6.45) is -2.79. The number of sulfonamides is 1. The normalized spacial score (nSPS) is 12.9. The molecule has 0 fully saturated rings. The Bertz CT molecular complexity index is 1260. The van der Waals surface area contributed by atoms with Gasteiger partial charge in [0.25, 0.3) is 5.91 Å². The Morgan fingerprint density at radius 3 is 2.18 bits per heavy atom. The van der Waals surface area contributed by atoms with E-state index in [-0.39, 0.29) is 22.7 Å². The third kappa shape index (κ3) is 5.86. The predicted molar refractivity (Wildman–Crippen MR) is 108 cm³/mol. The van der Waals surface area contributed by atoms with Gasteiger partial charge in [0.1, 0.15) is 12.0 Å². The van der Waals surface area contributed by atoms with Crippen molar-refractivity contribution >= 4 is 21.6 Å². The Kier molecular flexibility index (Phi) is 6.45. The quantitative estimate of drug-likeness (QED) is 0.497. The second kappa shape index (κ2) is 8.81. The maximum Gasteiger partial charge on any atom is 0.416 e. The largest absolute Gasteiger partial charge is 0.444 e. The molecule has 0 aliphatic carbocycles. The minimum Gasteiger partial charge on any atom is -0.444 e. The Labute approximate surface area is 184 Å². The number of benzene rings is 2. The smallest absolute Gasteiger partial charge is 0.416 e. The number of amides is 1. The van der Waals surface area contributed by atoms with E-state index in [1.54, 1.807) is 4.72 Å². The summed E-state index contributed by atoms with van der Waals surface area (Å²) in [5.74, 6) is -3.23. The molecule has 0 radical (unpaired) electrons. The molecule has 1 heterocycles. The summed E-state index contributed by atoms with van der Waals surface area (Å²) in [7, 11) is -3.91. The fraction of sp³-hybridized carbons (Fsp3) is 0.200. The summed E-state index contributed by atoms with van der Waals surface area (Å²) in [4.78, 5) is 16.3. The molecule has 0 saturated carbocycles. The zero-order valence-electron chi connectivity index (χ0n) is 17.0. The lowest BCUT2D eigenvalue weighted by Crippen LogP contribution is -2.27. The van der Waals surface area contributed by atoms with Crippen LogP contribution in [0.25, 0.3) is 11.5 Å². The van der Waals surface area contributed by atoms with Crippen LogP contribution in [-0.4, -0.2) is 25.6 Å². The lowest BCUT2D eigenvalue weighted by atomic mass is 10.1. The first-order valence-electron chi connectivity index (χ1n) is 9.15. The molecule has 0 unspecified atom stereocenters. The van der Waals surface area contributed by atoms with Gasteiger partial charge in [0, 0.05) is 5.56 Å². The summed E-state index contributed by atoms with van der Waals surface area (Å²) in [5, 5.41) is 2.45. The lowest BCUT2D eigenvalue weighted by Gasteiger charge is -2.15. The van der Waals surface area contributed by atoms with Gasteiger partial charge in [-0.3, -0.25) is 9.52 Å². The van der Waals surface area contributed by atoms with Gasteiger partial charge < -0.3 is 9.73 Å². The first-order valence-corrected chi connectivity index (χ1v) is 11.0. The maximum atomic E-state index is 14.2. The number of halogens is 5. The van der Waals surface area contributed by atoms with Gasteiger partial charge in [0.2, 0.25) is 15.9 Å². The average molecular weight is 489 g/mol. The molecule has 33 heavy (non-hydrogen) atoms. The standard InChI is InChI=1S/C20H16F5N3O4S/c1-10(12-7-14(21)17(15(22)8-12)28-33(2,30)31)26-18(29)16-9-32-19(27-16)11-3-5-13(6-4-11)20(23,24)25/h3-10,28H,1-2H3,(H,26,29)/t10-/m1/s1. The number of alkyl halides is 3. The molecule has 0 spiro atoms. The average Bonchev–Trinajstić information content (AvgIpc) is 3.19. The van der Waals surface area contributed by atoms with E-state index in [1.165, 1.54) is 6.92 Å². The highest BCUT2D eigenvalue weighted by molar-refractivity contribution is 7.92. The monoisotopic (exact) mass is 489 g/mol. The molecule has 0 aliphatic rings. The number of hydrogen-bond donors (Lipinski definition) is 2. The van der Waals surface area contributed by atoms with Gasteiger partial charge in [-0.05, 0) is 48.9 Å². The van der Waals surface area contributed by atoms with E-state index in [1.807, 2.05) is 0 Å². The van der Waals surface area contributed by atoms with Crippen LogP contribution in [0.5, 0.6) is 0 Å². The lowest BCUT2D eigenvalue weighted by molar-refractivity contribution is -0.137. The Balaban J connectivity index is 1.74. The second-order valence-corrected chi connectivity index (χ2v) is 8.79. The third-order valence-electron chi connectivity index (χ3n) is 4.40. The van der Waals surface area contributed by atoms with E-state index < -0.39 is 51.0 Å². The number of rotatable bonds is 6. The van der Waals surface area contributed by atoms with Crippen LogP contribution in [0, 0.1) is 11.6 Å². The Hall–Kier alpha value is -3.48. The van der Waals surface area contributed by atoms with Gasteiger partial charge in [0.15, 0.2) is 17.3 Å². The van der Waals surface area contributed by atoms with E-state index in [0.29, 0.717) is 0 Å².